The van der Waals surface area contributed by atoms with Gasteiger partial charge < -0.3 is 28.3 Å². The monoisotopic (exact) mass is 546 g/mol. The third-order valence-corrected chi connectivity index (χ3v) is 6.72. The van der Waals surface area contributed by atoms with Gasteiger partial charge in [-0.1, -0.05) is 72.8 Å². The van der Waals surface area contributed by atoms with Gasteiger partial charge in [-0.25, -0.2) is 4.39 Å². The van der Waals surface area contributed by atoms with Crippen molar-refractivity contribution < 1.29 is 18.8 Å². The first-order valence-electron chi connectivity index (χ1n) is 12.9. The second-order valence-corrected chi connectivity index (χ2v) is 9.64. The molecule has 0 aliphatic carbocycles. The summed E-state index contributed by atoms with van der Waals surface area (Å²) in [6, 6.07) is 23.2. The maximum absolute atomic E-state index is 13.9. The van der Waals surface area contributed by atoms with E-state index < -0.39 is 35.0 Å². The SMILES string of the molecule is NC(=O)[C@H](Cc1ccc(F)cc1)NC(=O)[C@](N)(CCCN=C(N)N)C(=O)CC(c1ccccc1)c1ccccc1. The summed E-state index contributed by atoms with van der Waals surface area (Å²) in [7, 11) is 0. The molecule has 40 heavy (non-hydrogen) atoms. The van der Waals surface area contributed by atoms with Gasteiger partial charge in [-0.05, 0) is 41.7 Å². The van der Waals surface area contributed by atoms with Crippen molar-refractivity contribution in [2.45, 2.75) is 43.2 Å². The smallest absolute Gasteiger partial charge is 0.248 e. The molecule has 0 saturated carbocycles. The molecule has 10 heteroatoms. The van der Waals surface area contributed by atoms with Crippen LogP contribution in [0, 0.1) is 5.82 Å². The summed E-state index contributed by atoms with van der Waals surface area (Å²) in [6.07, 6.45) is 0.0800. The van der Waals surface area contributed by atoms with E-state index in [4.69, 9.17) is 22.9 Å². The number of aliphatic imine (C=N–C) groups is 1. The Morgan fingerprint density at radius 1 is 0.850 bits per heavy atom. The molecule has 210 valence electrons. The summed E-state index contributed by atoms with van der Waals surface area (Å²) in [5, 5.41) is 2.57. The Hall–Kier alpha value is -4.57. The number of amides is 2. The van der Waals surface area contributed by atoms with Crippen LogP contribution in [0.15, 0.2) is 89.9 Å². The van der Waals surface area contributed by atoms with Crippen LogP contribution in [0.1, 0.15) is 41.9 Å². The molecule has 0 unspecified atom stereocenters. The molecule has 0 aromatic heterocycles. The van der Waals surface area contributed by atoms with E-state index in [2.05, 4.69) is 10.3 Å². The standard InChI is InChI=1S/C30H35FN6O3/c31-23-14-12-20(13-15-23)18-25(27(32)39)37-28(40)30(35,16-7-17-36-29(33)34)26(38)19-24(21-8-3-1-4-9-21)22-10-5-2-6-11-22/h1-6,8-15,24-25H,7,16-19,35H2,(H2,32,39)(H,37,40)(H4,33,34,36)/t25-,30-/m0/s1. The minimum Gasteiger partial charge on any atom is -0.370 e. The number of benzene rings is 3. The van der Waals surface area contributed by atoms with Crippen molar-refractivity contribution in [2.75, 3.05) is 6.54 Å². The number of carbonyl (C=O) groups is 3. The highest BCUT2D eigenvalue weighted by molar-refractivity contribution is 6.11. The molecule has 0 fully saturated rings. The number of hydrogen-bond acceptors (Lipinski definition) is 5. The van der Waals surface area contributed by atoms with Gasteiger partial charge in [0, 0.05) is 25.3 Å². The molecule has 2 amide bonds. The van der Waals surface area contributed by atoms with E-state index in [0.29, 0.717) is 5.56 Å². The summed E-state index contributed by atoms with van der Waals surface area (Å²) >= 11 is 0. The van der Waals surface area contributed by atoms with Crippen molar-refractivity contribution in [2.24, 2.45) is 27.9 Å². The lowest BCUT2D eigenvalue weighted by Crippen LogP contribution is -2.63. The van der Waals surface area contributed by atoms with Crippen molar-refractivity contribution in [3.63, 3.8) is 0 Å². The Morgan fingerprint density at radius 3 is 1.90 bits per heavy atom. The molecule has 0 saturated heterocycles. The van der Waals surface area contributed by atoms with E-state index in [1.807, 2.05) is 60.7 Å². The van der Waals surface area contributed by atoms with Crippen LogP contribution in [-0.2, 0) is 20.8 Å². The number of rotatable bonds is 14. The molecule has 0 heterocycles. The van der Waals surface area contributed by atoms with E-state index in [-0.39, 0.29) is 44.1 Å². The fourth-order valence-electron chi connectivity index (χ4n) is 4.48. The second kappa shape index (κ2) is 14.0. The highest BCUT2D eigenvalue weighted by Gasteiger charge is 2.43. The molecule has 0 aliphatic rings. The Labute approximate surface area is 232 Å². The zero-order chi connectivity index (χ0) is 29.1. The summed E-state index contributed by atoms with van der Waals surface area (Å²) in [6.45, 7) is 0.150. The molecule has 9 nitrogen and oxygen atoms in total. The quantitative estimate of drug-likeness (QED) is 0.0891. The van der Waals surface area contributed by atoms with Gasteiger partial charge in [0.25, 0.3) is 0 Å². The summed E-state index contributed by atoms with van der Waals surface area (Å²) in [4.78, 5) is 43.7. The van der Waals surface area contributed by atoms with Crippen LogP contribution < -0.4 is 28.3 Å². The molecule has 2 atom stereocenters. The number of nitrogens with one attached hydrogen (secondary N) is 1. The van der Waals surface area contributed by atoms with Crippen molar-refractivity contribution in [1.82, 2.24) is 5.32 Å². The van der Waals surface area contributed by atoms with Gasteiger partial charge in [0.2, 0.25) is 11.8 Å². The third-order valence-electron chi connectivity index (χ3n) is 6.72. The van der Waals surface area contributed by atoms with Crippen molar-refractivity contribution in [3.05, 3.63) is 107 Å². The zero-order valence-corrected chi connectivity index (χ0v) is 22.1. The normalized spacial score (nSPS) is 13.2. The second-order valence-electron chi connectivity index (χ2n) is 9.64. The molecule has 0 bridgehead atoms. The van der Waals surface area contributed by atoms with E-state index >= 15 is 0 Å². The fourth-order valence-corrected chi connectivity index (χ4v) is 4.48. The predicted octanol–water partition coefficient (Wildman–Crippen LogP) is 1.88. The Kier molecular flexibility index (Phi) is 10.5. The third kappa shape index (κ3) is 8.21. The van der Waals surface area contributed by atoms with Crippen molar-refractivity contribution >= 4 is 23.6 Å². The Balaban J connectivity index is 1.89. The molecule has 3 aromatic carbocycles. The molecule has 3 rings (SSSR count). The van der Waals surface area contributed by atoms with Gasteiger partial charge in [-0.3, -0.25) is 19.4 Å². The van der Waals surface area contributed by atoms with Gasteiger partial charge in [0.15, 0.2) is 17.3 Å². The zero-order valence-electron chi connectivity index (χ0n) is 22.1. The van der Waals surface area contributed by atoms with E-state index in [1.54, 1.807) is 0 Å². The lowest BCUT2D eigenvalue weighted by Gasteiger charge is -2.30. The van der Waals surface area contributed by atoms with Gasteiger partial charge >= 0.3 is 0 Å². The molecule has 3 aromatic rings. The topological polar surface area (TPSA) is 180 Å². The average Bonchev–Trinajstić information content (AvgIpc) is 2.95. The maximum atomic E-state index is 13.9. The molecular weight excluding hydrogens is 511 g/mol. The number of carbonyl (C=O) groups excluding carboxylic acids is 3. The predicted molar refractivity (Wildman–Crippen MR) is 152 cm³/mol. The van der Waals surface area contributed by atoms with E-state index in [9.17, 15) is 18.8 Å². The molecular formula is C30H35FN6O3. The highest BCUT2D eigenvalue weighted by atomic mass is 19.1. The van der Waals surface area contributed by atoms with Gasteiger partial charge in [-0.2, -0.15) is 0 Å². The molecule has 0 aliphatic heterocycles. The number of halogens is 1. The first-order chi connectivity index (χ1) is 19.1. The number of Topliss-reactive ketones (excluding diaryl/α,β-unsaturated/α-hetero) is 1. The average molecular weight is 547 g/mol. The number of nitrogens with two attached hydrogens (primary N) is 4. The summed E-state index contributed by atoms with van der Waals surface area (Å²) in [5.41, 5.74) is 23.3. The fraction of sp³-hybridized carbons (Fsp3) is 0.267. The van der Waals surface area contributed by atoms with E-state index in [0.717, 1.165) is 11.1 Å². The molecule has 0 spiro atoms. The Morgan fingerprint density at radius 2 is 1.40 bits per heavy atom. The van der Waals surface area contributed by atoms with Crippen LogP contribution in [0.5, 0.6) is 0 Å². The van der Waals surface area contributed by atoms with Gasteiger partial charge in [0.05, 0.1) is 0 Å². The summed E-state index contributed by atoms with van der Waals surface area (Å²) in [5.74, 6) is -3.11. The van der Waals surface area contributed by atoms with Gasteiger partial charge in [0.1, 0.15) is 11.9 Å². The Bertz CT molecular complexity index is 1270. The number of ketones is 1. The lowest BCUT2D eigenvalue weighted by atomic mass is 9.79. The highest BCUT2D eigenvalue weighted by Crippen LogP contribution is 2.30. The first-order valence-corrected chi connectivity index (χ1v) is 12.9. The van der Waals surface area contributed by atoms with Crippen LogP contribution in [0.4, 0.5) is 4.39 Å². The van der Waals surface area contributed by atoms with Crippen molar-refractivity contribution in [1.29, 1.82) is 0 Å². The number of guanidine groups is 1. The summed E-state index contributed by atoms with van der Waals surface area (Å²) < 4.78 is 13.3. The number of hydrogen-bond donors (Lipinski definition) is 5. The van der Waals surface area contributed by atoms with Crippen LogP contribution in [0.2, 0.25) is 0 Å². The minimum absolute atomic E-state index is 0.00369. The van der Waals surface area contributed by atoms with Gasteiger partial charge in [-0.15, -0.1) is 0 Å². The number of nitrogens with zero attached hydrogens (tertiary/aromatic N) is 1. The minimum atomic E-state index is -2.00. The van der Waals surface area contributed by atoms with E-state index in [1.165, 1.54) is 24.3 Å². The molecule has 0 radical (unpaired) electrons. The largest absolute Gasteiger partial charge is 0.370 e. The van der Waals surface area contributed by atoms with Crippen LogP contribution in [-0.4, -0.2) is 41.7 Å². The molecule has 9 N–H and O–H groups in total. The lowest BCUT2D eigenvalue weighted by molar-refractivity contribution is -0.138. The maximum Gasteiger partial charge on any atom is 0.248 e. The first kappa shape index (κ1) is 30.0. The van der Waals surface area contributed by atoms with Crippen molar-refractivity contribution in [3.8, 4) is 0 Å². The van der Waals surface area contributed by atoms with Crippen LogP contribution in [0.3, 0.4) is 0 Å². The van der Waals surface area contributed by atoms with Crippen LogP contribution in [0.25, 0.3) is 0 Å². The number of primary amides is 1. The van der Waals surface area contributed by atoms with Crippen LogP contribution >= 0.6 is 0 Å².